The van der Waals surface area contributed by atoms with Crippen molar-refractivity contribution in [3.05, 3.63) is 16.1 Å². The first-order valence-corrected chi connectivity index (χ1v) is 8.53. The summed E-state index contributed by atoms with van der Waals surface area (Å²) in [5.41, 5.74) is 4.51. The molecular weight excluding hydrogens is 316 g/mol. The van der Waals surface area contributed by atoms with Crippen molar-refractivity contribution >= 4 is 23.3 Å². The van der Waals surface area contributed by atoms with Gasteiger partial charge in [-0.15, -0.1) is 11.3 Å². The highest BCUT2D eigenvalue weighted by Gasteiger charge is 2.43. The molecule has 1 rings (SSSR count). The maximum atomic E-state index is 12.6. The molecule has 1 aromatic rings. The van der Waals surface area contributed by atoms with Crippen LogP contribution in [0.25, 0.3) is 0 Å². The molecule has 7 heteroatoms. The number of rotatable bonds is 6. The zero-order valence-electron chi connectivity index (χ0n) is 14.6. The van der Waals surface area contributed by atoms with Crippen molar-refractivity contribution in [2.24, 2.45) is 11.7 Å². The van der Waals surface area contributed by atoms with Gasteiger partial charge < -0.3 is 15.2 Å². The molecule has 1 heterocycles. The lowest BCUT2D eigenvalue weighted by atomic mass is 9.90. The Balaban J connectivity index is 3.15. The average molecular weight is 342 g/mol. The third-order valence-electron chi connectivity index (χ3n) is 2.86. The molecule has 0 aromatic carbocycles. The van der Waals surface area contributed by atoms with E-state index in [0.717, 1.165) is 0 Å². The number of carbonyl (C=O) groups is 2. The Labute approximate surface area is 141 Å². The molecule has 1 aromatic heterocycles. The van der Waals surface area contributed by atoms with Gasteiger partial charge in [0.2, 0.25) is 0 Å². The molecule has 23 heavy (non-hydrogen) atoms. The van der Waals surface area contributed by atoms with Crippen LogP contribution in [0.15, 0.2) is 5.38 Å². The van der Waals surface area contributed by atoms with E-state index in [1.165, 1.54) is 11.3 Å². The third-order valence-corrected chi connectivity index (χ3v) is 3.88. The Morgan fingerprint density at radius 2 is 1.96 bits per heavy atom. The lowest BCUT2D eigenvalue weighted by Crippen LogP contribution is -2.49. The summed E-state index contributed by atoms with van der Waals surface area (Å²) in [5, 5.41) is 1.92. The van der Waals surface area contributed by atoms with Gasteiger partial charge in [0.05, 0.1) is 6.61 Å². The maximum absolute atomic E-state index is 12.6. The first-order chi connectivity index (χ1) is 10.5. The highest BCUT2D eigenvalue weighted by Crippen LogP contribution is 2.31. The highest BCUT2D eigenvalue weighted by molar-refractivity contribution is 7.10. The topological polar surface area (TPSA) is 91.5 Å². The summed E-state index contributed by atoms with van der Waals surface area (Å²) in [6.07, 6.45) is 0.373. The van der Waals surface area contributed by atoms with Crippen LogP contribution >= 0.6 is 11.3 Å². The van der Waals surface area contributed by atoms with Gasteiger partial charge in [-0.3, -0.25) is 0 Å². The van der Waals surface area contributed by atoms with E-state index in [4.69, 9.17) is 15.2 Å². The molecule has 0 unspecified atom stereocenters. The molecule has 0 fully saturated rings. The first kappa shape index (κ1) is 19.6. The number of hydrogen-bond donors (Lipinski definition) is 1. The van der Waals surface area contributed by atoms with Crippen LogP contribution in [0.3, 0.4) is 0 Å². The summed E-state index contributed by atoms with van der Waals surface area (Å²) in [7, 11) is 0. The van der Waals surface area contributed by atoms with Crippen LogP contribution in [0.5, 0.6) is 0 Å². The second-order valence-electron chi connectivity index (χ2n) is 6.83. The number of nitrogens with zero attached hydrogens (tertiary/aromatic N) is 1. The molecule has 0 spiro atoms. The molecular formula is C16H26N2O4S. The zero-order chi connectivity index (χ0) is 17.8. The lowest BCUT2D eigenvalue weighted by molar-refractivity contribution is -0.163. The third kappa shape index (κ3) is 5.28. The van der Waals surface area contributed by atoms with Crippen LogP contribution in [-0.4, -0.2) is 29.1 Å². The van der Waals surface area contributed by atoms with E-state index in [-0.39, 0.29) is 18.2 Å². The van der Waals surface area contributed by atoms with Crippen molar-refractivity contribution in [1.29, 1.82) is 0 Å². The SMILES string of the molecule is CCOC(=O)c1csc([C@](N)(CC(C)C)C(=O)OC(C)(C)C)n1. The predicted molar refractivity (Wildman–Crippen MR) is 89.2 cm³/mol. The number of esters is 2. The van der Waals surface area contributed by atoms with E-state index in [2.05, 4.69) is 4.98 Å². The summed E-state index contributed by atoms with van der Waals surface area (Å²) in [5.74, 6) is -0.906. The van der Waals surface area contributed by atoms with Gasteiger partial charge in [0.15, 0.2) is 11.2 Å². The molecule has 0 aliphatic heterocycles. The van der Waals surface area contributed by atoms with Crippen LogP contribution in [0.1, 0.15) is 63.5 Å². The summed E-state index contributed by atoms with van der Waals surface area (Å²) in [6, 6.07) is 0. The Hall–Kier alpha value is -1.47. The van der Waals surface area contributed by atoms with Gasteiger partial charge >= 0.3 is 11.9 Å². The Bertz CT molecular complexity index is 563. The summed E-state index contributed by atoms with van der Waals surface area (Å²) < 4.78 is 10.4. The van der Waals surface area contributed by atoms with Gasteiger partial charge in [-0.05, 0) is 40.0 Å². The fraction of sp³-hybridized carbons (Fsp3) is 0.688. The smallest absolute Gasteiger partial charge is 0.357 e. The number of aromatic nitrogens is 1. The van der Waals surface area contributed by atoms with E-state index in [0.29, 0.717) is 11.4 Å². The number of carbonyl (C=O) groups excluding carboxylic acids is 2. The van der Waals surface area contributed by atoms with Crippen LogP contribution in [-0.2, 0) is 19.8 Å². The van der Waals surface area contributed by atoms with Crippen molar-refractivity contribution in [3.8, 4) is 0 Å². The van der Waals surface area contributed by atoms with Crippen LogP contribution in [0, 0.1) is 5.92 Å². The summed E-state index contributed by atoms with van der Waals surface area (Å²) in [4.78, 5) is 28.6. The standard InChI is InChI=1S/C16H26N2O4S/c1-7-21-12(19)11-9-23-13(18-11)16(17,8-10(2)3)14(20)22-15(4,5)6/h9-10H,7-8,17H2,1-6H3/t16-/m1/s1. The van der Waals surface area contributed by atoms with E-state index in [1.54, 1.807) is 33.1 Å². The molecule has 0 amide bonds. The van der Waals surface area contributed by atoms with Crippen molar-refractivity contribution in [2.75, 3.05) is 6.61 Å². The Kier molecular flexibility index (Phi) is 6.30. The Morgan fingerprint density at radius 3 is 2.43 bits per heavy atom. The minimum atomic E-state index is -1.38. The fourth-order valence-corrected chi connectivity index (χ4v) is 2.95. The normalized spacial score (nSPS) is 14.4. The van der Waals surface area contributed by atoms with E-state index >= 15 is 0 Å². The molecule has 0 saturated heterocycles. The lowest BCUT2D eigenvalue weighted by Gasteiger charge is -2.31. The minimum Gasteiger partial charge on any atom is -0.461 e. The second kappa shape index (κ2) is 7.40. The van der Waals surface area contributed by atoms with Gasteiger partial charge in [-0.2, -0.15) is 0 Å². The average Bonchev–Trinajstić information content (AvgIpc) is 2.86. The minimum absolute atomic E-state index is 0.155. The maximum Gasteiger partial charge on any atom is 0.357 e. The zero-order valence-corrected chi connectivity index (χ0v) is 15.5. The van der Waals surface area contributed by atoms with Crippen molar-refractivity contribution in [3.63, 3.8) is 0 Å². The van der Waals surface area contributed by atoms with Gasteiger partial charge in [0, 0.05) is 5.38 Å². The van der Waals surface area contributed by atoms with E-state index in [1.807, 2.05) is 13.8 Å². The number of hydrogen-bond acceptors (Lipinski definition) is 7. The first-order valence-electron chi connectivity index (χ1n) is 7.65. The molecule has 0 aliphatic rings. The molecule has 0 saturated carbocycles. The molecule has 1 atom stereocenters. The number of ether oxygens (including phenoxy) is 2. The molecule has 2 N–H and O–H groups in total. The largest absolute Gasteiger partial charge is 0.461 e. The quantitative estimate of drug-likeness (QED) is 0.799. The van der Waals surface area contributed by atoms with Gasteiger partial charge in [-0.25, -0.2) is 14.6 Å². The van der Waals surface area contributed by atoms with Crippen molar-refractivity contribution < 1.29 is 19.1 Å². The van der Waals surface area contributed by atoms with Gasteiger partial charge in [0.1, 0.15) is 10.6 Å². The summed E-state index contributed by atoms with van der Waals surface area (Å²) >= 11 is 1.17. The molecule has 0 radical (unpaired) electrons. The van der Waals surface area contributed by atoms with Gasteiger partial charge in [0.25, 0.3) is 0 Å². The molecule has 6 nitrogen and oxygen atoms in total. The van der Waals surface area contributed by atoms with Crippen molar-refractivity contribution in [2.45, 2.75) is 59.1 Å². The molecule has 0 bridgehead atoms. The van der Waals surface area contributed by atoms with Crippen LogP contribution in [0.4, 0.5) is 0 Å². The van der Waals surface area contributed by atoms with E-state index in [9.17, 15) is 9.59 Å². The van der Waals surface area contributed by atoms with Crippen LogP contribution in [0.2, 0.25) is 0 Å². The van der Waals surface area contributed by atoms with E-state index < -0.39 is 23.1 Å². The summed E-state index contributed by atoms with van der Waals surface area (Å²) in [6.45, 7) is 11.3. The predicted octanol–water partition coefficient (Wildman–Crippen LogP) is 2.86. The highest BCUT2D eigenvalue weighted by atomic mass is 32.1. The molecule has 130 valence electrons. The fourth-order valence-electron chi connectivity index (χ4n) is 2.05. The monoisotopic (exact) mass is 342 g/mol. The van der Waals surface area contributed by atoms with Crippen molar-refractivity contribution in [1.82, 2.24) is 4.98 Å². The number of nitrogens with two attached hydrogens (primary N) is 1. The van der Waals surface area contributed by atoms with Gasteiger partial charge in [-0.1, -0.05) is 13.8 Å². The van der Waals surface area contributed by atoms with Crippen LogP contribution < -0.4 is 5.73 Å². The second-order valence-corrected chi connectivity index (χ2v) is 7.69. The molecule has 0 aliphatic carbocycles. The Morgan fingerprint density at radius 1 is 1.35 bits per heavy atom. The number of thiazole rings is 1.